The van der Waals surface area contributed by atoms with Gasteiger partial charge in [-0.1, -0.05) is 29.8 Å². The van der Waals surface area contributed by atoms with Crippen molar-refractivity contribution >= 4 is 52.1 Å². The number of carbonyl (C=O) groups is 2. The summed E-state index contributed by atoms with van der Waals surface area (Å²) >= 11 is 11.2. The zero-order valence-electron chi connectivity index (χ0n) is 18.1. The van der Waals surface area contributed by atoms with Gasteiger partial charge in [0.25, 0.3) is 11.8 Å². The summed E-state index contributed by atoms with van der Waals surface area (Å²) in [5.74, 6) is -1.13. The van der Waals surface area contributed by atoms with Gasteiger partial charge >= 0.3 is 0 Å². The summed E-state index contributed by atoms with van der Waals surface area (Å²) in [4.78, 5) is 28.7. The number of piperazine rings is 1. The molecule has 3 aromatic rings. The molecule has 1 aliphatic rings. The number of halogens is 2. The monoisotopic (exact) mass is 496 g/mol. The first-order chi connectivity index (χ1) is 16.4. The number of nitrogens with one attached hydrogen (secondary N) is 2. The third kappa shape index (κ3) is 5.70. The van der Waals surface area contributed by atoms with Crippen molar-refractivity contribution in [2.75, 3.05) is 36.4 Å². The average Bonchev–Trinajstić information content (AvgIpc) is 2.84. The topological polar surface area (TPSA) is 64.7 Å². The van der Waals surface area contributed by atoms with Crippen molar-refractivity contribution in [3.63, 3.8) is 0 Å². The van der Waals surface area contributed by atoms with E-state index in [1.54, 1.807) is 41.3 Å². The van der Waals surface area contributed by atoms with Crippen molar-refractivity contribution in [3.8, 4) is 0 Å². The highest BCUT2D eigenvalue weighted by molar-refractivity contribution is 7.80. The predicted molar refractivity (Wildman–Crippen MR) is 136 cm³/mol. The minimum Gasteiger partial charge on any atom is -0.368 e. The first-order valence-electron chi connectivity index (χ1n) is 10.7. The number of nitrogens with zero attached hydrogens (tertiary/aromatic N) is 2. The largest absolute Gasteiger partial charge is 0.368 e. The lowest BCUT2D eigenvalue weighted by Crippen LogP contribution is -2.49. The molecule has 1 saturated heterocycles. The fourth-order valence-corrected chi connectivity index (χ4v) is 4.10. The van der Waals surface area contributed by atoms with Gasteiger partial charge in [0.15, 0.2) is 5.11 Å². The predicted octanol–water partition coefficient (Wildman–Crippen LogP) is 4.57. The molecule has 34 heavy (non-hydrogen) atoms. The molecule has 3 aromatic carbocycles. The summed E-state index contributed by atoms with van der Waals surface area (Å²) in [6.45, 7) is 2.29. The zero-order chi connectivity index (χ0) is 24.1. The van der Waals surface area contributed by atoms with Crippen molar-refractivity contribution in [2.24, 2.45) is 0 Å². The molecule has 0 bridgehead atoms. The third-order valence-corrected chi connectivity index (χ3v) is 5.91. The zero-order valence-corrected chi connectivity index (χ0v) is 19.7. The summed E-state index contributed by atoms with van der Waals surface area (Å²) in [7, 11) is 0. The van der Waals surface area contributed by atoms with Crippen LogP contribution >= 0.6 is 23.8 Å². The van der Waals surface area contributed by atoms with Crippen LogP contribution in [0.2, 0.25) is 5.02 Å². The highest BCUT2D eigenvalue weighted by Gasteiger charge is 2.24. The van der Waals surface area contributed by atoms with E-state index in [1.165, 1.54) is 12.1 Å². The van der Waals surface area contributed by atoms with Gasteiger partial charge in [0.1, 0.15) is 5.82 Å². The van der Waals surface area contributed by atoms with E-state index in [0.29, 0.717) is 36.8 Å². The van der Waals surface area contributed by atoms with Gasteiger partial charge in [-0.05, 0) is 66.8 Å². The molecule has 1 fully saturated rings. The second-order valence-electron chi connectivity index (χ2n) is 7.72. The van der Waals surface area contributed by atoms with E-state index in [0.717, 1.165) is 11.4 Å². The van der Waals surface area contributed by atoms with Crippen LogP contribution in [0.25, 0.3) is 0 Å². The highest BCUT2D eigenvalue weighted by Crippen LogP contribution is 2.21. The van der Waals surface area contributed by atoms with E-state index in [-0.39, 0.29) is 22.5 Å². The van der Waals surface area contributed by atoms with Crippen molar-refractivity contribution in [3.05, 3.63) is 94.8 Å². The van der Waals surface area contributed by atoms with Gasteiger partial charge in [0.05, 0.1) is 5.56 Å². The molecule has 0 unspecified atom stereocenters. The van der Waals surface area contributed by atoms with E-state index in [4.69, 9.17) is 23.8 Å². The molecule has 0 radical (unpaired) electrons. The lowest BCUT2D eigenvalue weighted by atomic mass is 10.1. The van der Waals surface area contributed by atoms with E-state index in [9.17, 15) is 14.0 Å². The SMILES string of the molecule is O=C(NC(=S)Nc1ccc(N2CCN(C(=O)c3ccccc3F)CC2)cc1)c1cccc(Cl)c1. The number of hydrogen-bond donors (Lipinski definition) is 2. The van der Waals surface area contributed by atoms with Crippen LogP contribution in [-0.2, 0) is 0 Å². The van der Waals surface area contributed by atoms with Crippen LogP contribution in [-0.4, -0.2) is 48.0 Å². The third-order valence-electron chi connectivity index (χ3n) is 5.48. The smallest absolute Gasteiger partial charge is 0.257 e. The Kier molecular flexibility index (Phi) is 7.40. The Bertz CT molecular complexity index is 1210. The number of amides is 2. The Hall–Kier alpha value is -3.49. The molecule has 2 N–H and O–H groups in total. The first-order valence-corrected chi connectivity index (χ1v) is 11.5. The molecule has 1 heterocycles. The minimum atomic E-state index is -0.500. The molecule has 1 aliphatic heterocycles. The van der Waals surface area contributed by atoms with Crippen molar-refractivity contribution in [1.29, 1.82) is 0 Å². The van der Waals surface area contributed by atoms with Crippen LogP contribution in [0.15, 0.2) is 72.8 Å². The number of benzene rings is 3. The number of carbonyl (C=O) groups excluding carboxylic acids is 2. The Morgan fingerprint density at radius 1 is 0.912 bits per heavy atom. The molecule has 0 aliphatic carbocycles. The summed E-state index contributed by atoms with van der Waals surface area (Å²) in [6, 6.07) is 20.3. The summed E-state index contributed by atoms with van der Waals surface area (Å²) in [5.41, 5.74) is 2.25. The number of rotatable bonds is 4. The van der Waals surface area contributed by atoms with E-state index >= 15 is 0 Å². The Morgan fingerprint density at radius 2 is 1.62 bits per heavy atom. The maximum Gasteiger partial charge on any atom is 0.257 e. The van der Waals surface area contributed by atoms with Gasteiger partial charge in [0, 0.05) is 48.1 Å². The maximum absolute atomic E-state index is 13.9. The number of thiocarbonyl (C=S) groups is 1. The van der Waals surface area contributed by atoms with Gasteiger partial charge in [-0.3, -0.25) is 14.9 Å². The van der Waals surface area contributed by atoms with Crippen LogP contribution in [0.4, 0.5) is 15.8 Å². The lowest BCUT2D eigenvalue weighted by molar-refractivity contribution is 0.0742. The van der Waals surface area contributed by atoms with Crippen LogP contribution in [0.5, 0.6) is 0 Å². The second-order valence-corrected chi connectivity index (χ2v) is 8.57. The van der Waals surface area contributed by atoms with Crippen molar-refractivity contribution in [2.45, 2.75) is 0 Å². The van der Waals surface area contributed by atoms with E-state index in [2.05, 4.69) is 15.5 Å². The van der Waals surface area contributed by atoms with Gasteiger partial charge in [-0.2, -0.15) is 0 Å². The molecule has 0 spiro atoms. The van der Waals surface area contributed by atoms with E-state index < -0.39 is 5.82 Å². The Labute approximate surface area is 207 Å². The van der Waals surface area contributed by atoms with E-state index in [1.807, 2.05) is 24.3 Å². The number of anilines is 2. The summed E-state index contributed by atoms with van der Waals surface area (Å²) in [5, 5.41) is 6.27. The average molecular weight is 497 g/mol. The minimum absolute atomic E-state index is 0.102. The quantitative estimate of drug-likeness (QED) is 0.518. The van der Waals surface area contributed by atoms with Gasteiger partial charge in [-0.25, -0.2) is 4.39 Å². The first kappa shape index (κ1) is 23.7. The molecule has 0 aromatic heterocycles. The van der Waals surface area contributed by atoms with Crippen LogP contribution in [0.1, 0.15) is 20.7 Å². The molecule has 0 saturated carbocycles. The normalized spacial score (nSPS) is 13.4. The molecule has 0 atom stereocenters. The van der Waals surface area contributed by atoms with Crippen LogP contribution in [0, 0.1) is 5.82 Å². The fraction of sp³-hybridized carbons (Fsp3) is 0.160. The maximum atomic E-state index is 13.9. The van der Waals surface area contributed by atoms with Gasteiger partial charge < -0.3 is 15.1 Å². The molecule has 174 valence electrons. The van der Waals surface area contributed by atoms with Crippen LogP contribution in [0.3, 0.4) is 0 Å². The second kappa shape index (κ2) is 10.6. The van der Waals surface area contributed by atoms with Crippen LogP contribution < -0.4 is 15.5 Å². The standard InChI is InChI=1S/C25H22ClFN4O2S/c26-18-5-3-4-17(16-18)23(32)29-25(34)28-19-8-10-20(11-9-19)30-12-14-31(15-13-30)24(33)21-6-1-2-7-22(21)27/h1-11,16H,12-15H2,(H2,28,29,32,34). The van der Waals surface area contributed by atoms with Gasteiger partial charge in [0.2, 0.25) is 0 Å². The van der Waals surface area contributed by atoms with Gasteiger partial charge in [-0.15, -0.1) is 0 Å². The fourth-order valence-electron chi connectivity index (χ4n) is 3.70. The van der Waals surface area contributed by atoms with Crippen molar-refractivity contribution < 1.29 is 14.0 Å². The van der Waals surface area contributed by atoms with Crippen molar-refractivity contribution in [1.82, 2.24) is 10.2 Å². The number of hydrogen-bond acceptors (Lipinski definition) is 4. The molecule has 4 rings (SSSR count). The molecule has 9 heteroatoms. The molecular weight excluding hydrogens is 475 g/mol. The highest BCUT2D eigenvalue weighted by atomic mass is 35.5. The molecule has 6 nitrogen and oxygen atoms in total. The Balaban J connectivity index is 1.29. The molecule has 2 amide bonds. The molecular formula is C25H22ClFN4O2S. The lowest BCUT2D eigenvalue weighted by Gasteiger charge is -2.36. The summed E-state index contributed by atoms with van der Waals surface area (Å²) in [6.07, 6.45) is 0. The Morgan fingerprint density at radius 3 is 2.29 bits per heavy atom. The summed E-state index contributed by atoms with van der Waals surface area (Å²) < 4.78 is 13.9.